The first kappa shape index (κ1) is 27.3. The van der Waals surface area contributed by atoms with Crippen LogP contribution in [0.25, 0.3) is 0 Å². The topological polar surface area (TPSA) is 3.24 Å². The van der Waals surface area contributed by atoms with Gasteiger partial charge in [0, 0.05) is 23.1 Å². The van der Waals surface area contributed by atoms with E-state index in [-0.39, 0.29) is 17.1 Å². The Kier molecular flexibility index (Phi) is 10.3. The molecule has 0 spiro atoms. The molecule has 1 nitrogen and oxygen atoms in total. The minimum atomic E-state index is -0.578. The summed E-state index contributed by atoms with van der Waals surface area (Å²) >= 11 is 0. The molecule has 0 bridgehead atoms. The molecule has 1 atom stereocenters. The monoisotopic (exact) mass is 497 g/mol. The summed E-state index contributed by atoms with van der Waals surface area (Å²) in [6.45, 7) is 11.1. The van der Waals surface area contributed by atoms with Gasteiger partial charge in [-0.1, -0.05) is 66.6 Å². The molecular weight excluding hydrogens is 461 g/mol. The molecule has 0 heterocycles. The maximum Gasteiger partial charge on any atom is 0.00894 e. The zero-order valence-electron chi connectivity index (χ0n) is 20.9. The van der Waals surface area contributed by atoms with Gasteiger partial charge in [0.15, 0.2) is 0 Å². The number of nitrogens with zero attached hydrogens (tertiary/aromatic N) is 1. The van der Waals surface area contributed by atoms with E-state index in [1.165, 1.54) is 43.7 Å². The predicted molar refractivity (Wildman–Crippen MR) is 144 cm³/mol. The number of rotatable bonds is 5. The van der Waals surface area contributed by atoms with Crippen LogP contribution in [0, 0.1) is 27.7 Å². The van der Waals surface area contributed by atoms with Crippen molar-refractivity contribution < 1.29 is 17.1 Å². The van der Waals surface area contributed by atoms with Crippen LogP contribution in [-0.4, -0.2) is 19.0 Å². The number of hydrogen-bond donors (Lipinski definition) is 0. The maximum absolute atomic E-state index is 2.38. The molecule has 0 N–H and O–H groups in total. The smallest absolute Gasteiger partial charge is 0.00894 e. The molecule has 0 radical (unpaired) electrons. The van der Waals surface area contributed by atoms with Gasteiger partial charge in [0.1, 0.15) is 0 Å². The Morgan fingerprint density at radius 3 is 1.48 bits per heavy atom. The largest absolute Gasteiger partial charge is 0.748 e. The molecule has 0 aliphatic carbocycles. The summed E-state index contributed by atoms with van der Waals surface area (Å²) in [6, 6.07) is 31.3. The van der Waals surface area contributed by atoms with E-state index < -0.39 is 7.92 Å². The van der Waals surface area contributed by atoms with Gasteiger partial charge in [0.25, 0.3) is 0 Å². The Morgan fingerprint density at radius 1 is 0.727 bits per heavy atom. The van der Waals surface area contributed by atoms with Gasteiger partial charge in [-0.15, -0.1) is 10.9 Å². The molecule has 3 heteroatoms. The van der Waals surface area contributed by atoms with Crippen molar-refractivity contribution >= 4 is 23.8 Å². The Hall–Kier alpha value is -1.95. The first-order valence-electron chi connectivity index (χ1n) is 11.3. The van der Waals surface area contributed by atoms with Gasteiger partial charge in [-0.25, -0.2) is 12.1 Å². The van der Waals surface area contributed by atoms with Crippen molar-refractivity contribution in [2.75, 3.05) is 14.1 Å². The molecule has 1 unspecified atom stereocenters. The van der Waals surface area contributed by atoms with E-state index in [9.17, 15) is 0 Å². The molecule has 0 amide bonds. The zero-order valence-corrected chi connectivity index (χ0v) is 22.9. The predicted octanol–water partition coefficient (Wildman–Crippen LogP) is 6.42. The molecule has 180 valence electrons. The van der Waals surface area contributed by atoms with Gasteiger partial charge >= 0.3 is 0 Å². The van der Waals surface area contributed by atoms with Crippen molar-refractivity contribution in [1.29, 1.82) is 0 Å². The second-order valence-electron chi connectivity index (χ2n) is 9.00. The van der Waals surface area contributed by atoms with E-state index in [1.807, 2.05) is 30.3 Å². The van der Waals surface area contributed by atoms with E-state index in [4.69, 9.17) is 0 Å². The minimum Gasteiger partial charge on any atom is -0.748 e. The van der Waals surface area contributed by atoms with Crippen molar-refractivity contribution in [1.82, 2.24) is 4.90 Å². The van der Waals surface area contributed by atoms with Gasteiger partial charge in [-0.2, -0.15) is 6.07 Å². The quantitative estimate of drug-likeness (QED) is 0.175. The Morgan fingerprint density at radius 2 is 1.12 bits per heavy atom. The average Bonchev–Trinajstić information content (AvgIpc) is 3.41. The molecule has 0 aromatic heterocycles. The normalized spacial score (nSPS) is 11.7. The van der Waals surface area contributed by atoms with Crippen LogP contribution < -0.4 is 15.9 Å². The molecule has 33 heavy (non-hydrogen) atoms. The molecule has 0 saturated heterocycles. The van der Waals surface area contributed by atoms with Crippen LogP contribution in [0.15, 0.2) is 84.9 Å². The van der Waals surface area contributed by atoms with E-state index in [0.717, 1.165) is 0 Å². The molecular formula is C30H36FeNP-6. The summed E-state index contributed by atoms with van der Waals surface area (Å²) in [5.41, 5.74) is 6.82. The van der Waals surface area contributed by atoms with Crippen LogP contribution in [0.2, 0.25) is 0 Å². The summed E-state index contributed by atoms with van der Waals surface area (Å²) in [5, 5.41) is 4.39. The third-order valence-electron chi connectivity index (χ3n) is 5.78. The Labute approximate surface area is 212 Å². The van der Waals surface area contributed by atoms with Gasteiger partial charge in [-0.3, -0.25) is 0 Å². The summed E-state index contributed by atoms with van der Waals surface area (Å²) in [4.78, 5) is 2.30. The van der Waals surface area contributed by atoms with Crippen LogP contribution in [-0.2, 0) is 17.1 Å². The third-order valence-corrected chi connectivity index (χ3v) is 8.21. The molecule has 0 aliphatic rings. The van der Waals surface area contributed by atoms with Crippen molar-refractivity contribution in [2.45, 2.75) is 40.7 Å². The van der Waals surface area contributed by atoms with Crippen molar-refractivity contribution in [3.8, 4) is 0 Å². The maximum atomic E-state index is 2.38. The summed E-state index contributed by atoms with van der Waals surface area (Å²) in [6.07, 6.45) is 0. The molecule has 0 aliphatic heterocycles. The van der Waals surface area contributed by atoms with Crippen molar-refractivity contribution in [2.24, 2.45) is 0 Å². The fourth-order valence-corrected chi connectivity index (χ4v) is 7.11. The molecule has 4 aromatic carbocycles. The fraction of sp³-hybridized carbons (Fsp3) is 0.267. The van der Waals surface area contributed by atoms with Crippen LogP contribution >= 0.6 is 7.92 Å². The van der Waals surface area contributed by atoms with E-state index >= 15 is 0 Å². The minimum absolute atomic E-state index is 0. The number of hydrogen-bond acceptors (Lipinski definition) is 1. The van der Waals surface area contributed by atoms with Gasteiger partial charge in [0.2, 0.25) is 0 Å². The SMILES string of the molecule is Cc1cc(C)cc(P(c2cc(C)cc(C)c2)[c-]2cccc2C(C)N(C)C)c1.[Fe].[cH-]1[cH-][cH-][cH-][cH-]1. The van der Waals surface area contributed by atoms with Gasteiger partial charge in [0.05, 0.1) is 0 Å². The van der Waals surface area contributed by atoms with Gasteiger partial charge < -0.3 is 35.2 Å². The average molecular weight is 497 g/mol. The molecule has 0 saturated carbocycles. The zero-order chi connectivity index (χ0) is 23.3. The Bertz CT molecular complexity index is 1010. The first-order valence-corrected chi connectivity index (χ1v) is 12.7. The summed E-state index contributed by atoms with van der Waals surface area (Å²) in [5.74, 6) is 0. The molecule has 4 rings (SSSR count). The Balaban J connectivity index is 0.000000568. The van der Waals surface area contributed by atoms with E-state index in [2.05, 4.69) is 108 Å². The van der Waals surface area contributed by atoms with Crippen molar-refractivity contribution in [3.63, 3.8) is 0 Å². The van der Waals surface area contributed by atoms with Crippen LogP contribution in [0.1, 0.15) is 40.8 Å². The second kappa shape index (κ2) is 12.5. The van der Waals surface area contributed by atoms with Crippen LogP contribution in [0.4, 0.5) is 0 Å². The number of benzene rings is 2. The van der Waals surface area contributed by atoms with Crippen LogP contribution in [0.5, 0.6) is 0 Å². The standard InChI is InChI=1S/C25H31NP.C5H5.Fe/c1-17-11-18(2)14-22(13-17)27(23-15-19(3)12-20(4)16-23)25-10-8-9-24(25)21(5)26(6)7;1-2-4-5-3-1;/h8-16,21H,1-7H3;1-5H;/q-1;-5;. The molecule has 4 aromatic rings. The fourth-order valence-electron chi connectivity index (χ4n) is 4.17. The van der Waals surface area contributed by atoms with Crippen molar-refractivity contribution in [3.05, 3.63) is 113 Å². The summed E-state index contributed by atoms with van der Waals surface area (Å²) in [7, 11) is 3.75. The molecule has 0 fully saturated rings. The third kappa shape index (κ3) is 7.26. The number of aryl methyl sites for hydroxylation is 4. The van der Waals surface area contributed by atoms with Crippen LogP contribution in [0.3, 0.4) is 0 Å². The second-order valence-corrected chi connectivity index (χ2v) is 11.2. The first-order chi connectivity index (χ1) is 15.3. The van der Waals surface area contributed by atoms with Gasteiger partial charge in [-0.05, 0) is 59.3 Å². The van der Waals surface area contributed by atoms with E-state index in [1.54, 1.807) is 0 Å². The van der Waals surface area contributed by atoms with E-state index in [0.29, 0.717) is 6.04 Å². The summed E-state index contributed by atoms with van der Waals surface area (Å²) < 4.78 is 0.